The van der Waals surface area contributed by atoms with Gasteiger partial charge >= 0.3 is 5.97 Å². The Kier molecular flexibility index (Phi) is 3.93. The number of carbonyl (C=O) groups is 1. The van der Waals surface area contributed by atoms with Gasteiger partial charge in [0, 0.05) is 5.41 Å². The van der Waals surface area contributed by atoms with Crippen LogP contribution in [0.2, 0.25) is 0 Å². The van der Waals surface area contributed by atoms with Gasteiger partial charge in [-0.05, 0) is 0 Å². The van der Waals surface area contributed by atoms with Gasteiger partial charge in [0.15, 0.2) is 5.69 Å². The molecule has 0 aliphatic rings. The molecule has 8 heteroatoms. The Morgan fingerprint density at radius 3 is 2.55 bits per heavy atom. The maximum Gasteiger partial charge on any atom is 0.356 e. The standard InChI is InChI=1S/C12H15N5O2S/c1-12(2,3)11-17-16-9(20-11)6-15-8-5-13-7(4-14-8)10(18)19/h4-5H,6H2,1-3H3,(H,14,15)(H,18,19). The van der Waals surface area contributed by atoms with Gasteiger partial charge in [0.05, 0.1) is 18.9 Å². The molecule has 0 aromatic carbocycles. The molecule has 0 aliphatic carbocycles. The van der Waals surface area contributed by atoms with Crippen LogP contribution in [0.5, 0.6) is 0 Å². The highest BCUT2D eigenvalue weighted by Crippen LogP contribution is 2.25. The van der Waals surface area contributed by atoms with Gasteiger partial charge in [-0.15, -0.1) is 10.2 Å². The Balaban J connectivity index is 1.98. The quantitative estimate of drug-likeness (QED) is 0.888. The molecule has 20 heavy (non-hydrogen) atoms. The first kappa shape index (κ1) is 14.3. The van der Waals surface area contributed by atoms with E-state index in [0.717, 1.165) is 10.0 Å². The minimum absolute atomic E-state index is 0.0150. The molecule has 0 radical (unpaired) electrons. The summed E-state index contributed by atoms with van der Waals surface area (Å²) in [6.45, 7) is 6.73. The zero-order chi connectivity index (χ0) is 14.8. The van der Waals surface area contributed by atoms with Gasteiger partial charge < -0.3 is 10.4 Å². The maximum absolute atomic E-state index is 10.6. The second kappa shape index (κ2) is 5.49. The molecule has 0 fully saturated rings. The molecule has 0 saturated carbocycles. The summed E-state index contributed by atoms with van der Waals surface area (Å²) >= 11 is 1.54. The van der Waals surface area contributed by atoms with E-state index >= 15 is 0 Å². The number of carboxylic acid groups (broad SMARTS) is 1. The lowest BCUT2D eigenvalue weighted by atomic mass is 9.98. The molecule has 0 spiro atoms. The Hall–Kier alpha value is -2.09. The number of carboxylic acids is 1. The van der Waals surface area contributed by atoms with E-state index < -0.39 is 5.97 Å². The average Bonchev–Trinajstić information content (AvgIpc) is 2.85. The molecule has 0 saturated heterocycles. The lowest BCUT2D eigenvalue weighted by Crippen LogP contribution is -2.10. The van der Waals surface area contributed by atoms with E-state index in [-0.39, 0.29) is 11.1 Å². The summed E-state index contributed by atoms with van der Waals surface area (Å²) in [5.74, 6) is -0.592. The molecule has 2 heterocycles. The minimum Gasteiger partial charge on any atom is -0.476 e. The molecular weight excluding hydrogens is 278 g/mol. The van der Waals surface area contributed by atoms with Crippen molar-refractivity contribution in [1.82, 2.24) is 20.2 Å². The zero-order valence-electron chi connectivity index (χ0n) is 11.4. The molecule has 0 amide bonds. The topological polar surface area (TPSA) is 101 Å². The number of rotatable bonds is 4. The molecule has 0 bridgehead atoms. The van der Waals surface area contributed by atoms with Crippen molar-refractivity contribution in [1.29, 1.82) is 0 Å². The van der Waals surface area contributed by atoms with Crippen LogP contribution in [0.15, 0.2) is 12.4 Å². The molecule has 0 unspecified atom stereocenters. The first-order chi connectivity index (χ1) is 9.36. The number of aromatic carboxylic acids is 1. The first-order valence-corrected chi connectivity index (χ1v) is 6.80. The molecule has 0 atom stereocenters. The monoisotopic (exact) mass is 293 g/mol. The van der Waals surface area contributed by atoms with E-state index in [0.29, 0.717) is 12.4 Å². The Morgan fingerprint density at radius 1 is 1.30 bits per heavy atom. The van der Waals surface area contributed by atoms with Gasteiger partial charge in [-0.3, -0.25) is 0 Å². The normalized spacial score (nSPS) is 11.3. The average molecular weight is 293 g/mol. The van der Waals surface area contributed by atoms with Crippen molar-refractivity contribution in [2.45, 2.75) is 32.7 Å². The molecule has 7 nitrogen and oxygen atoms in total. The molecular formula is C12H15N5O2S. The molecule has 2 aromatic heterocycles. The van der Waals surface area contributed by atoms with Crippen LogP contribution in [0, 0.1) is 0 Å². The van der Waals surface area contributed by atoms with Gasteiger partial charge in [0.2, 0.25) is 0 Å². The third-order valence-corrected chi connectivity index (χ3v) is 3.75. The summed E-state index contributed by atoms with van der Waals surface area (Å²) in [6.07, 6.45) is 2.60. The van der Waals surface area contributed by atoms with Crippen LogP contribution in [-0.2, 0) is 12.0 Å². The summed E-state index contributed by atoms with van der Waals surface area (Å²) < 4.78 is 0. The van der Waals surface area contributed by atoms with Crippen molar-refractivity contribution < 1.29 is 9.90 Å². The van der Waals surface area contributed by atoms with Gasteiger partial charge in [0.25, 0.3) is 0 Å². The fourth-order valence-corrected chi connectivity index (χ4v) is 2.16. The van der Waals surface area contributed by atoms with Crippen molar-refractivity contribution in [2.75, 3.05) is 5.32 Å². The summed E-state index contributed by atoms with van der Waals surface area (Å²) in [7, 11) is 0. The van der Waals surface area contributed by atoms with Crippen LogP contribution in [0.1, 0.15) is 41.3 Å². The van der Waals surface area contributed by atoms with Crippen LogP contribution < -0.4 is 5.32 Å². The molecule has 2 N–H and O–H groups in total. The van der Waals surface area contributed by atoms with E-state index in [2.05, 4.69) is 46.3 Å². The number of nitrogens with zero attached hydrogens (tertiary/aromatic N) is 4. The van der Waals surface area contributed by atoms with Crippen LogP contribution in [0.25, 0.3) is 0 Å². The van der Waals surface area contributed by atoms with Gasteiger partial charge in [-0.2, -0.15) is 0 Å². The Bertz CT molecular complexity index is 603. The van der Waals surface area contributed by atoms with E-state index in [1.807, 2.05) is 0 Å². The lowest BCUT2D eigenvalue weighted by molar-refractivity contribution is 0.0690. The fraction of sp³-hybridized carbons (Fsp3) is 0.417. The van der Waals surface area contributed by atoms with Crippen molar-refractivity contribution in [3.05, 3.63) is 28.1 Å². The van der Waals surface area contributed by atoms with Crippen molar-refractivity contribution >= 4 is 23.1 Å². The third-order valence-electron chi connectivity index (χ3n) is 2.40. The second-order valence-corrected chi connectivity index (χ2v) is 6.26. The summed E-state index contributed by atoms with van der Waals surface area (Å²) in [5.41, 5.74) is -0.0970. The zero-order valence-corrected chi connectivity index (χ0v) is 12.2. The number of nitrogens with one attached hydrogen (secondary N) is 1. The van der Waals surface area contributed by atoms with Crippen LogP contribution in [-0.4, -0.2) is 31.2 Å². The van der Waals surface area contributed by atoms with Crippen molar-refractivity contribution in [3.8, 4) is 0 Å². The molecule has 106 valence electrons. The van der Waals surface area contributed by atoms with Crippen LogP contribution >= 0.6 is 11.3 Å². The van der Waals surface area contributed by atoms with Crippen LogP contribution in [0.3, 0.4) is 0 Å². The van der Waals surface area contributed by atoms with E-state index in [1.54, 1.807) is 11.3 Å². The summed E-state index contributed by atoms with van der Waals surface area (Å²) in [6, 6.07) is 0. The summed E-state index contributed by atoms with van der Waals surface area (Å²) in [4.78, 5) is 18.4. The van der Waals surface area contributed by atoms with E-state index in [4.69, 9.17) is 5.11 Å². The maximum atomic E-state index is 10.6. The highest BCUT2D eigenvalue weighted by atomic mass is 32.1. The predicted molar refractivity (Wildman–Crippen MR) is 74.9 cm³/mol. The van der Waals surface area contributed by atoms with Gasteiger partial charge in [-0.25, -0.2) is 14.8 Å². The lowest BCUT2D eigenvalue weighted by Gasteiger charge is -2.12. The number of hydrogen-bond donors (Lipinski definition) is 2. The van der Waals surface area contributed by atoms with Gasteiger partial charge in [0.1, 0.15) is 15.8 Å². The predicted octanol–water partition coefficient (Wildman–Crippen LogP) is 1.94. The summed E-state index contributed by atoms with van der Waals surface area (Å²) in [5, 5.41) is 21.8. The number of anilines is 1. The molecule has 0 aliphatic heterocycles. The fourth-order valence-electron chi connectivity index (χ4n) is 1.32. The smallest absolute Gasteiger partial charge is 0.356 e. The number of aromatic nitrogens is 4. The van der Waals surface area contributed by atoms with Crippen molar-refractivity contribution in [2.24, 2.45) is 0 Å². The Labute approximate surface area is 120 Å². The number of hydrogen-bond acceptors (Lipinski definition) is 7. The van der Waals surface area contributed by atoms with Crippen molar-refractivity contribution in [3.63, 3.8) is 0 Å². The largest absolute Gasteiger partial charge is 0.476 e. The molecule has 2 rings (SSSR count). The van der Waals surface area contributed by atoms with E-state index in [1.165, 1.54) is 12.4 Å². The highest BCUT2D eigenvalue weighted by Gasteiger charge is 2.19. The van der Waals surface area contributed by atoms with Crippen LogP contribution in [0.4, 0.5) is 5.82 Å². The highest BCUT2D eigenvalue weighted by molar-refractivity contribution is 7.11. The molecule has 2 aromatic rings. The Morgan fingerprint density at radius 2 is 2.05 bits per heavy atom. The minimum atomic E-state index is -1.09. The third kappa shape index (κ3) is 3.47. The second-order valence-electron chi connectivity index (χ2n) is 5.20. The van der Waals surface area contributed by atoms with E-state index in [9.17, 15) is 4.79 Å². The first-order valence-electron chi connectivity index (χ1n) is 5.98. The van der Waals surface area contributed by atoms with Gasteiger partial charge in [-0.1, -0.05) is 32.1 Å². The SMILES string of the molecule is CC(C)(C)c1nnc(CNc2cnc(C(=O)O)cn2)s1.